The maximum Gasteiger partial charge on any atom is 0.0360 e. The minimum absolute atomic E-state index is 1.08. The van der Waals surface area contributed by atoms with E-state index in [-0.39, 0.29) is 0 Å². The molecule has 2 nitrogen and oxygen atoms in total. The average Bonchev–Trinajstić information content (AvgIpc) is 2.40. The molecule has 1 aliphatic rings. The van der Waals surface area contributed by atoms with E-state index < -0.39 is 0 Å². The van der Waals surface area contributed by atoms with Gasteiger partial charge >= 0.3 is 0 Å². The normalized spacial score (nSPS) is 22.6. The lowest BCUT2D eigenvalue weighted by Gasteiger charge is -2.01. The summed E-state index contributed by atoms with van der Waals surface area (Å²) in [5.41, 5.74) is 1.34. The van der Waals surface area contributed by atoms with Crippen LogP contribution in [0.2, 0.25) is 0 Å². The molecular formula is C8H18N2. The lowest BCUT2D eigenvalue weighted by molar-refractivity contribution is 0.428. The van der Waals surface area contributed by atoms with Gasteiger partial charge in [0.15, 0.2) is 0 Å². The summed E-state index contributed by atoms with van der Waals surface area (Å²) in [4.78, 5) is 6.39. The molecule has 0 N–H and O–H groups in total. The van der Waals surface area contributed by atoms with E-state index in [1.54, 1.807) is 0 Å². The van der Waals surface area contributed by atoms with Crippen LogP contribution in [0, 0.1) is 0 Å². The van der Waals surface area contributed by atoms with Gasteiger partial charge in [0.1, 0.15) is 0 Å². The Morgan fingerprint density at radius 1 is 1.40 bits per heavy atom. The third-order valence-electron chi connectivity index (χ3n) is 1.55. The van der Waals surface area contributed by atoms with Gasteiger partial charge in [-0.25, -0.2) is 0 Å². The van der Waals surface area contributed by atoms with Crippen molar-refractivity contribution in [3.05, 3.63) is 0 Å². The minimum Gasteiger partial charge on any atom is -0.301 e. The Balaban J connectivity index is 0.000000371. The predicted octanol–water partition coefficient (Wildman–Crippen LogP) is 1.42. The van der Waals surface area contributed by atoms with Gasteiger partial charge in [0, 0.05) is 25.8 Å². The predicted molar refractivity (Wildman–Crippen MR) is 46.8 cm³/mol. The van der Waals surface area contributed by atoms with Crippen LogP contribution in [0.15, 0.2) is 4.99 Å². The molecule has 0 saturated carbocycles. The second-order valence-electron chi connectivity index (χ2n) is 2.28. The third kappa shape index (κ3) is 2.97. The first-order valence-electron chi connectivity index (χ1n) is 3.96. The molecule has 2 heteroatoms. The SMILES string of the molecule is CC.CN=C1CCN(C)C1. The van der Waals surface area contributed by atoms with Crippen LogP contribution < -0.4 is 0 Å². The van der Waals surface area contributed by atoms with Crippen molar-refractivity contribution in [2.24, 2.45) is 4.99 Å². The largest absolute Gasteiger partial charge is 0.301 e. The molecule has 1 fully saturated rings. The summed E-state index contributed by atoms with van der Waals surface area (Å²) in [6.45, 7) is 6.27. The first-order valence-corrected chi connectivity index (χ1v) is 3.96. The van der Waals surface area contributed by atoms with Gasteiger partial charge in [-0.2, -0.15) is 0 Å². The highest BCUT2D eigenvalue weighted by Crippen LogP contribution is 2.00. The molecule has 0 unspecified atom stereocenters. The van der Waals surface area contributed by atoms with E-state index in [4.69, 9.17) is 0 Å². The van der Waals surface area contributed by atoms with Crippen LogP contribution in [-0.2, 0) is 0 Å². The molecule has 0 aliphatic carbocycles. The van der Waals surface area contributed by atoms with Crippen molar-refractivity contribution in [3.63, 3.8) is 0 Å². The van der Waals surface area contributed by atoms with Crippen molar-refractivity contribution in [1.29, 1.82) is 0 Å². The van der Waals surface area contributed by atoms with Gasteiger partial charge < -0.3 is 4.90 Å². The Labute approximate surface area is 63.9 Å². The average molecular weight is 142 g/mol. The van der Waals surface area contributed by atoms with Crippen LogP contribution in [0.25, 0.3) is 0 Å². The summed E-state index contributed by atoms with van der Waals surface area (Å²) < 4.78 is 0. The number of aliphatic imine (C=N–C) groups is 1. The molecule has 0 aromatic carbocycles. The Bertz CT molecular complexity index is 108. The van der Waals surface area contributed by atoms with Gasteiger partial charge in [-0.15, -0.1) is 0 Å². The van der Waals surface area contributed by atoms with Crippen LogP contribution >= 0.6 is 0 Å². The van der Waals surface area contributed by atoms with Crippen LogP contribution in [0.1, 0.15) is 20.3 Å². The highest BCUT2D eigenvalue weighted by Gasteiger charge is 2.11. The number of likely N-dealkylation sites (tertiary alicyclic amines) is 1. The zero-order valence-electron chi connectivity index (χ0n) is 7.52. The molecule has 1 saturated heterocycles. The first kappa shape index (κ1) is 9.63. The highest BCUT2D eigenvalue weighted by atomic mass is 15.1. The molecule has 0 radical (unpaired) electrons. The van der Waals surface area contributed by atoms with Crippen molar-refractivity contribution in [3.8, 4) is 0 Å². The topological polar surface area (TPSA) is 15.6 Å². The molecule has 1 rings (SSSR count). The second kappa shape index (κ2) is 5.42. The summed E-state index contributed by atoms with van der Waals surface area (Å²) in [5, 5.41) is 0. The smallest absolute Gasteiger partial charge is 0.0360 e. The van der Waals surface area contributed by atoms with Crippen LogP contribution in [0.5, 0.6) is 0 Å². The Morgan fingerprint density at radius 2 is 2.00 bits per heavy atom. The number of hydrogen-bond donors (Lipinski definition) is 0. The Hall–Kier alpha value is -0.370. The zero-order valence-corrected chi connectivity index (χ0v) is 7.52. The third-order valence-corrected chi connectivity index (χ3v) is 1.55. The van der Waals surface area contributed by atoms with Crippen molar-refractivity contribution in [1.82, 2.24) is 4.90 Å². The first-order chi connectivity index (χ1) is 4.83. The van der Waals surface area contributed by atoms with Crippen LogP contribution in [0.4, 0.5) is 0 Å². The summed E-state index contributed by atoms with van der Waals surface area (Å²) in [7, 11) is 3.99. The number of rotatable bonds is 0. The molecule has 0 aromatic heterocycles. The van der Waals surface area contributed by atoms with Gasteiger partial charge in [-0.3, -0.25) is 4.99 Å². The number of nitrogens with zero attached hydrogens (tertiary/aromatic N) is 2. The second-order valence-corrected chi connectivity index (χ2v) is 2.28. The molecule has 0 atom stereocenters. The van der Waals surface area contributed by atoms with Crippen molar-refractivity contribution < 1.29 is 0 Å². The van der Waals surface area contributed by atoms with Gasteiger partial charge in [0.25, 0.3) is 0 Å². The van der Waals surface area contributed by atoms with E-state index in [1.165, 1.54) is 18.7 Å². The van der Waals surface area contributed by atoms with Gasteiger partial charge in [0.2, 0.25) is 0 Å². The molecule has 1 aliphatic heterocycles. The lowest BCUT2D eigenvalue weighted by Crippen LogP contribution is -2.13. The van der Waals surface area contributed by atoms with E-state index in [0.717, 1.165) is 6.54 Å². The molecule has 0 spiro atoms. The van der Waals surface area contributed by atoms with E-state index in [1.807, 2.05) is 20.9 Å². The molecule has 0 bridgehead atoms. The molecule has 0 amide bonds. The van der Waals surface area contributed by atoms with Crippen molar-refractivity contribution in [2.75, 3.05) is 27.2 Å². The van der Waals surface area contributed by atoms with E-state index >= 15 is 0 Å². The fraction of sp³-hybridized carbons (Fsp3) is 0.875. The van der Waals surface area contributed by atoms with E-state index in [9.17, 15) is 0 Å². The standard InChI is InChI=1S/C6H12N2.C2H6/c1-7-6-3-4-8(2)5-6;1-2/h3-5H2,1-2H3;1-2H3. The Morgan fingerprint density at radius 3 is 2.20 bits per heavy atom. The maximum atomic E-state index is 4.11. The summed E-state index contributed by atoms with van der Waals surface area (Å²) in [6, 6.07) is 0. The molecule has 0 aromatic rings. The van der Waals surface area contributed by atoms with Crippen molar-refractivity contribution in [2.45, 2.75) is 20.3 Å². The monoisotopic (exact) mass is 142 g/mol. The highest BCUT2D eigenvalue weighted by molar-refractivity contribution is 5.88. The molecule has 1 heterocycles. The maximum absolute atomic E-state index is 4.11. The van der Waals surface area contributed by atoms with E-state index in [0.29, 0.717) is 0 Å². The minimum atomic E-state index is 1.08. The summed E-state index contributed by atoms with van der Waals surface area (Å²) in [5.74, 6) is 0. The van der Waals surface area contributed by atoms with Gasteiger partial charge in [-0.05, 0) is 13.5 Å². The fourth-order valence-corrected chi connectivity index (χ4v) is 0.972. The lowest BCUT2D eigenvalue weighted by atomic mass is 10.3. The fourth-order valence-electron chi connectivity index (χ4n) is 0.972. The molecule has 60 valence electrons. The summed E-state index contributed by atoms with van der Waals surface area (Å²) in [6.07, 6.45) is 1.17. The zero-order chi connectivity index (χ0) is 7.98. The van der Waals surface area contributed by atoms with Gasteiger partial charge in [-0.1, -0.05) is 13.8 Å². The van der Waals surface area contributed by atoms with Gasteiger partial charge in [0.05, 0.1) is 0 Å². The Kier molecular flexibility index (Phi) is 5.22. The molecule has 10 heavy (non-hydrogen) atoms. The number of hydrogen-bond acceptors (Lipinski definition) is 2. The van der Waals surface area contributed by atoms with Crippen LogP contribution in [-0.4, -0.2) is 37.8 Å². The van der Waals surface area contributed by atoms with Crippen molar-refractivity contribution >= 4 is 5.71 Å². The molecular weight excluding hydrogens is 124 g/mol. The summed E-state index contributed by atoms with van der Waals surface area (Å²) >= 11 is 0. The quantitative estimate of drug-likeness (QED) is 0.499. The van der Waals surface area contributed by atoms with E-state index in [2.05, 4.69) is 16.9 Å². The van der Waals surface area contributed by atoms with Crippen LogP contribution in [0.3, 0.4) is 0 Å².